The van der Waals surface area contributed by atoms with Crippen molar-refractivity contribution >= 4 is 11.7 Å². The van der Waals surface area contributed by atoms with E-state index in [2.05, 4.69) is 6.92 Å². The average Bonchev–Trinajstić information content (AvgIpc) is 3.35. The molecule has 0 spiro atoms. The third-order valence-electron chi connectivity index (χ3n) is 6.78. The Labute approximate surface area is 165 Å². The molecule has 1 unspecified atom stereocenters. The van der Waals surface area contributed by atoms with Gasteiger partial charge in [-0.25, -0.2) is 9.37 Å². The number of halogens is 1. The standard InChI is InChI=1S/C21H30FN3O3/c1-12-13(2)19(23-18-15(10-26)24(4)20(27)17(12)18)25-8-5-16(14(22)9-25)28-11-21(3)6-7-21/h14-16,26H,5-11H2,1-4H3/t14-,15?,16+/m0/s1. The summed E-state index contributed by atoms with van der Waals surface area (Å²) >= 11 is 0. The van der Waals surface area contributed by atoms with Gasteiger partial charge in [0.1, 0.15) is 12.0 Å². The van der Waals surface area contributed by atoms with E-state index in [4.69, 9.17) is 9.72 Å². The number of aliphatic hydroxyl groups excluding tert-OH is 1. The number of ether oxygens (including phenoxy) is 1. The van der Waals surface area contributed by atoms with E-state index in [0.717, 1.165) is 11.1 Å². The molecule has 154 valence electrons. The zero-order valence-electron chi connectivity index (χ0n) is 17.2. The van der Waals surface area contributed by atoms with Gasteiger partial charge in [0.15, 0.2) is 0 Å². The number of rotatable bonds is 5. The lowest BCUT2D eigenvalue weighted by Crippen LogP contribution is -2.47. The molecule has 7 heteroatoms. The first-order valence-corrected chi connectivity index (χ1v) is 10.2. The normalized spacial score (nSPS) is 28.6. The molecule has 3 atom stereocenters. The van der Waals surface area contributed by atoms with E-state index in [1.165, 1.54) is 17.7 Å². The third-order valence-corrected chi connectivity index (χ3v) is 6.78. The van der Waals surface area contributed by atoms with Crippen LogP contribution in [0.3, 0.4) is 0 Å². The number of alkyl halides is 1. The summed E-state index contributed by atoms with van der Waals surface area (Å²) in [6, 6.07) is -0.443. The van der Waals surface area contributed by atoms with Crippen LogP contribution in [0.15, 0.2) is 0 Å². The zero-order chi connectivity index (χ0) is 20.2. The number of amides is 1. The molecule has 1 N–H and O–H groups in total. The third kappa shape index (κ3) is 3.18. The molecular weight excluding hydrogens is 361 g/mol. The molecule has 1 aromatic heterocycles. The van der Waals surface area contributed by atoms with Gasteiger partial charge in [0.25, 0.3) is 5.91 Å². The van der Waals surface area contributed by atoms with Gasteiger partial charge in [0, 0.05) is 13.6 Å². The van der Waals surface area contributed by atoms with Gasteiger partial charge in [-0.05, 0) is 49.7 Å². The number of hydrogen-bond acceptors (Lipinski definition) is 5. The largest absolute Gasteiger partial charge is 0.394 e. The number of pyridine rings is 1. The summed E-state index contributed by atoms with van der Waals surface area (Å²) in [6.45, 7) is 7.39. The Balaban J connectivity index is 1.55. The molecule has 0 aromatic carbocycles. The van der Waals surface area contributed by atoms with Crippen LogP contribution in [0.2, 0.25) is 0 Å². The Kier molecular flexibility index (Phi) is 4.86. The Morgan fingerprint density at radius 3 is 2.64 bits per heavy atom. The fourth-order valence-electron chi connectivity index (χ4n) is 4.26. The predicted octanol–water partition coefficient (Wildman–Crippen LogP) is 2.55. The molecule has 3 aliphatic rings. The van der Waals surface area contributed by atoms with Crippen molar-refractivity contribution in [1.29, 1.82) is 0 Å². The number of likely N-dealkylation sites (N-methyl/N-ethyl adjacent to an activating group) is 1. The van der Waals surface area contributed by atoms with Crippen molar-refractivity contribution in [2.45, 2.75) is 58.4 Å². The maximum Gasteiger partial charge on any atom is 0.256 e. The minimum atomic E-state index is -1.07. The van der Waals surface area contributed by atoms with Gasteiger partial charge >= 0.3 is 0 Å². The first-order chi connectivity index (χ1) is 13.3. The van der Waals surface area contributed by atoms with Gasteiger partial charge in [-0.1, -0.05) is 6.92 Å². The van der Waals surface area contributed by atoms with Gasteiger partial charge in [-0.3, -0.25) is 4.79 Å². The number of anilines is 1. The predicted molar refractivity (Wildman–Crippen MR) is 104 cm³/mol. The van der Waals surface area contributed by atoms with Crippen LogP contribution >= 0.6 is 0 Å². The van der Waals surface area contributed by atoms with Crippen LogP contribution in [-0.2, 0) is 4.74 Å². The maximum absolute atomic E-state index is 14.9. The van der Waals surface area contributed by atoms with Crippen LogP contribution in [0, 0.1) is 19.3 Å². The van der Waals surface area contributed by atoms with Crippen molar-refractivity contribution in [3.8, 4) is 0 Å². The number of hydrogen-bond donors (Lipinski definition) is 1. The minimum Gasteiger partial charge on any atom is -0.394 e. The summed E-state index contributed by atoms with van der Waals surface area (Å²) in [4.78, 5) is 20.8. The first kappa shape index (κ1) is 19.6. The zero-order valence-corrected chi connectivity index (χ0v) is 17.2. The number of piperidine rings is 1. The lowest BCUT2D eigenvalue weighted by atomic mass is 9.99. The summed E-state index contributed by atoms with van der Waals surface area (Å²) in [5.74, 6) is 0.603. The smallest absolute Gasteiger partial charge is 0.256 e. The van der Waals surface area contributed by atoms with Crippen molar-refractivity contribution in [1.82, 2.24) is 9.88 Å². The fraction of sp³-hybridized carbons (Fsp3) is 0.714. The number of carbonyl (C=O) groups is 1. The SMILES string of the molecule is Cc1c(N2CC[C@@H](OCC3(C)CC3)[C@@H](F)C2)nc2c(c1C)C(=O)N(C)C2CO. The molecule has 1 aromatic rings. The van der Waals surface area contributed by atoms with Crippen LogP contribution in [0.5, 0.6) is 0 Å². The number of aliphatic hydroxyl groups is 1. The summed E-state index contributed by atoms with van der Waals surface area (Å²) in [5, 5.41) is 9.74. The van der Waals surface area contributed by atoms with E-state index >= 15 is 0 Å². The van der Waals surface area contributed by atoms with E-state index < -0.39 is 12.2 Å². The lowest BCUT2D eigenvalue weighted by Gasteiger charge is -2.37. The summed E-state index contributed by atoms with van der Waals surface area (Å²) in [5.41, 5.74) is 3.20. The minimum absolute atomic E-state index is 0.113. The molecule has 1 saturated carbocycles. The van der Waals surface area contributed by atoms with Crippen molar-refractivity contribution in [3.05, 3.63) is 22.4 Å². The van der Waals surface area contributed by atoms with Crippen molar-refractivity contribution in [3.63, 3.8) is 0 Å². The van der Waals surface area contributed by atoms with E-state index in [-0.39, 0.29) is 30.6 Å². The van der Waals surface area contributed by atoms with Crippen LogP contribution in [0.4, 0.5) is 10.2 Å². The van der Waals surface area contributed by atoms with Gasteiger partial charge in [-0.2, -0.15) is 0 Å². The van der Waals surface area contributed by atoms with Crippen LogP contribution < -0.4 is 4.90 Å². The Hall–Kier alpha value is -1.73. The summed E-state index contributed by atoms with van der Waals surface area (Å²) in [6.07, 6.45) is 1.53. The highest BCUT2D eigenvalue weighted by Crippen LogP contribution is 2.45. The molecule has 1 amide bonds. The quantitative estimate of drug-likeness (QED) is 0.836. The molecule has 6 nitrogen and oxygen atoms in total. The molecule has 1 saturated heterocycles. The number of carbonyl (C=O) groups excluding carboxylic acids is 1. The lowest BCUT2D eigenvalue weighted by molar-refractivity contribution is -0.0302. The van der Waals surface area contributed by atoms with Crippen molar-refractivity contribution in [2.75, 3.05) is 38.3 Å². The molecule has 0 radical (unpaired) electrons. The van der Waals surface area contributed by atoms with E-state index in [1.807, 2.05) is 18.7 Å². The molecule has 0 bridgehead atoms. The molecule has 2 aliphatic heterocycles. The number of fused-ring (bicyclic) bond motifs is 1. The molecule has 4 rings (SSSR count). The van der Waals surface area contributed by atoms with Gasteiger partial charge < -0.3 is 19.6 Å². The van der Waals surface area contributed by atoms with Gasteiger partial charge in [-0.15, -0.1) is 0 Å². The highest BCUT2D eigenvalue weighted by molar-refractivity contribution is 6.00. The second kappa shape index (κ2) is 6.95. The Morgan fingerprint density at radius 2 is 2.04 bits per heavy atom. The van der Waals surface area contributed by atoms with Gasteiger partial charge in [0.05, 0.1) is 43.2 Å². The Bertz CT molecular complexity index is 796. The molecule has 1 aliphatic carbocycles. The van der Waals surface area contributed by atoms with Crippen LogP contribution in [-0.4, -0.2) is 66.5 Å². The van der Waals surface area contributed by atoms with Crippen LogP contribution in [0.25, 0.3) is 0 Å². The van der Waals surface area contributed by atoms with E-state index in [0.29, 0.717) is 36.6 Å². The Morgan fingerprint density at radius 1 is 1.32 bits per heavy atom. The maximum atomic E-state index is 14.9. The summed E-state index contributed by atoms with van der Waals surface area (Å²) in [7, 11) is 1.68. The molecular formula is C21H30FN3O3. The number of aromatic nitrogens is 1. The average molecular weight is 391 g/mol. The first-order valence-electron chi connectivity index (χ1n) is 10.2. The van der Waals surface area contributed by atoms with Gasteiger partial charge in [0.2, 0.25) is 0 Å². The van der Waals surface area contributed by atoms with Crippen molar-refractivity contribution in [2.24, 2.45) is 5.41 Å². The fourth-order valence-corrected chi connectivity index (χ4v) is 4.26. The highest BCUT2D eigenvalue weighted by Gasteiger charge is 2.41. The summed E-state index contributed by atoms with van der Waals surface area (Å²) < 4.78 is 20.7. The second-order valence-electron chi connectivity index (χ2n) is 8.97. The number of nitrogens with zero attached hydrogens (tertiary/aromatic N) is 3. The van der Waals surface area contributed by atoms with Crippen LogP contribution in [0.1, 0.15) is 59.4 Å². The molecule has 28 heavy (non-hydrogen) atoms. The highest BCUT2D eigenvalue weighted by atomic mass is 19.1. The molecule has 3 heterocycles. The topological polar surface area (TPSA) is 65.9 Å². The van der Waals surface area contributed by atoms with Crippen molar-refractivity contribution < 1.29 is 19.0 Å². The van der Waals surface area contributed by atoms with E-state index in [9.17, 15) is 14.3 Å². The van der Waals surface area contributed by atoms with E-state index in [1.54, 1.807) is 7.05 Å². The molecule has 2 fully saturated rings. The second-order valence-corrected chi connectivity index (χ2v) is 8.97. The monoisotopic (exact) mass is 391 g/mol.